The van der Waals surface area contributed by atoms with Gasteiger partial charge in [0, 0.05) is 23.0 Å². The standard InChI is InChI=1S/C15H18ClNO2/c1-15(16)8-10-7-12(19-2)4-5-13(10)17-11(9-15)3-6-14(17)18/h4-5,7,11H,3,6,8-9H2,1-2H3/t11-,15-/m1/s1. The van der Waals surface area contributed by atoms with Crippen LogP contribution >= 0.6 is 11.6 Å². The molecule has 1 aromatic rings. The summed E-state index contributed by atoms with van der Waals surface area (Å²) in [5, 5.41) is 0. The van der Waals surface area contributed by atoms with Crippen LogP contribution in [0.4, 0.5) is 5.69 Å². The molecule has 1 amide bonds. The summed E-state index contributed by atoms with van der Waals surface area (Å²) >= 11 is 6.64. The molecule has 1 aromatic carbocycles. The first-order valence-electron chi connectivity index (χ1n) is 6.68. The Hall–Kier alpha value is -1.22. The molecule has 0 saturated carbocycles. The minimum atomic E-state index is -0.300. The average Bonchev–Trinajstić information content (AvgIpc) is 2.64. The van der Waals surface area contributed by atoms with Gasteiger partial charge in [-0.05, 0) is 49.9 Å². The smallest absolute Gasteiger partial charge is 0.227 e. The number of carbonyl (C=O) groups excluding carboxylic acids is 1. The zero-order valence-electron chi connectivity index (χ0n) is 11.3. The molecule has 3 nitrogen and oxygen atoms in total. The highest BCUT2D eigenvalue weighted by Crippen LogP contribution is 2.42. The molecule has 0 unspecified atom stereocenters. The van der Waals surface area contributed by atoms with E-state index in [2.05, 4.69) is 6.92 Å². The number of alkyl halides is 1. The summed E-state index contributed by atoms with van der Waals surface area (Å²) in [5.41, 5.74) is 2.12. The van der Waals surface area contributed by atoms with E-state index in [1.807, 2.05) is 23.1 Å². The van der Waals surface area contributed by atoms with Gasteiger partial charge in [0.2, 0.25) is 5.91 Å². The first-order chi connectivity index (χ1) is 9.00. The Morgan fingerprint density at radius 1 is 1.47 bits per heavy atom. The fraction of sp³-hybridized carbons (Fsp3) is 0.533. The number of methoxy groups -OCH3 is 1. The summed E-state index contributed by atoms with van der Waals surface area (Å²) in [7, 11) is 1.65. The molecule has 2 heterocycles. The van der Waals surface area contributed by atoms with Gasteiger partial charge in [-0.25, -0.2) is 0 Å². The highest BCUT2D eigenvalue weighted by Gasteiger charge is 2.41. The second-order valence-corrected chi connectivity index (χ2v) is 6.66. The lowest BCUT2D eigenvalue weighted by atomic mass is 9.94. The number of ether oxygens (including phenoxy) is 1. The van der Waals surface area contributed by atoms with Crippen molar-refractivity contribution in [1.82, 2.24) is 0 Å². The lowest BCUT2D eigenvalue weighted by Gasteiger charge is -2.26. The van der Waals surface area contributed by atoms with Gasteiger partial charge in [0.15, 0.2) is 0 Å². The molecule has 0 aromatic heterocycles. The molecule has 1 fully saturated rings. The fourth-order valence-corrected chi connectivity index (χ4v) is 3.62. The number of nitrogens with zero attached hydrogens (tertiary/aromatic N) is 1. The first kappa shape index (κ1) is 12.8. The summed E-state index contributed by atoms with van der Waals surface area (Å²) in [4.78, 5) is 13.8. The van der Waals surface area contributed by atoms with Crippen LogP contribution in [0.2, 0.25) is 0 Å². The summed E-state index contributed by atoms with van der Waals surface area (Å²) in [6.45, 7) is 2.06. The Labute approximate surface area is 118 Å². The molecule has 2 aliphatic heterocycles. The maximum Gasteiger partial charge on any atom is 0.227 e. The summed E-state index contributed by atoms with van der Waals surface area (Å²) < 4.78 is 5.28. The van der Waals surface area contributed by atoms with E-state index in [1.165, 1.54) is 0 Å². The van der Waals surface area contributed by atoms with Crippen molar-refractivity contribution in [2.24, 2.45) is 0 Å². The molecule has 4 heteroatoms. The van der Waals surface area contributed by atoms with Crippen molar-refractivity contribution < 1.29 is 9.53 Å². The van der Waals surface area contributed by atoms with Gasteiger partial charge in [0.1, 0.15) is 5.75 Å². The topological polar surface area (TPSA) is 29.5 Å². The Bertz CT molecular complexity index is 527. The van der Waals surface area contributed by atoms with E-state index in [0.717, 1.165) is 36.3 Å². The molecule has 0 N–H and O–H groups in total. The predicted molar refractivity (Wildman–Crippen MR) is 76.1 cm³/mol. The Kier molecular flexibility index (Phi) is 2.97. The van der Waals surface area contributed by atoms with Crippen LogP contribution < -0.4 is 9.64 Å². The summed E-state index contributed by atoms with van der Waals surface area (Å²) in [6.07, 6.45) is 3.15. The third-order valence-corrected chi connectivity index (χ3v) is 4.38. The highest BCUT2D eigenvalue weighted by atomic mass is 35.5. The van der Waals surface area contributed by atoms with Crippen LogP contribution in [-0.4, -0.2) is 23.9 Å². The number of fused-ring (bicyclic) bond motifs is 3. The number of halogens is 1. The largest absolute Gasteiger partial charge is 0.497 e. The number of benzene rings is 1. The van der Waals surface area contributed by atoms with E-state index in [0.29, 0.717) is 6.42 Å². The Morgan fingerprint density at radius 2 is 2.26 bits per heavy atom. The number of rotatable bonds is 1. The van der Waals surface area contributed by atoms with Crippen LogP contribution in [0, 0.1) is 0 Å². The molecule has 102 valence electrons. The third kappa shape index (κ3) is 2.20. The van der Waals surface area contributed by atoms with Crippen molar-refractivity contribution in [2.45, 2.75) is 43.5 Å². The average molecular weight is 280 g/mol. The van der Waals surface area contributed by atoms with Gasteiger partial charge in [0.25, 0.3) is 0 Å². The molecule has 3 rings (SSSR count). The number of anilines is 1. The molecule has 2 atom stereocenters. The lowest BCUT2D eigenvalue weighted by Crippen LogP contribution is -2.35. The molecule has 0 spiro atoms. The van der Waals surface area contributed by atoms with E-state index < -0.39 is 0 Å². The maximum absolute atomic E-state index is 12.1. The van der Waals surface area contributed by atoms with Gasteiger partial charge < -0.3 is 9.64 Å². The number of hydrogen-bond donors (Lipinski definition) is 0. The van der Waals surface area contributed by atoms with Crippen LogP contribution in [0.3, 0.4) is 0 Å². The zero-order valence-corrected chi connectivity index (χ0v) is 12.0. The van der Waals surface area contributed by atoms with Crippen molar-refractivity contribution in [3.63, 3.8) is 0 Å². The van der Waals surface area contributed by atoms with Crippen molar-refractivity contribution in [3.8, 4) is 5.75 Å². The van der Waals surface area contributed by atoms with Gasteiger partial charge in [-0.2, -0.15) is 0 Å². The van der Waals surface area contributed by atoms with E-state index >= 15 is 0 Å². The van der Waals surface area contributed by atoms with Gasteiger partial charge in [-0.3, -0.25) is 4.79 Å². The van der Waals surface area contributed by atoms with Crippen LogP contribution in [0.25, 0.3) is 0 Å². The molecule has 1 saturated heterocycles. The maximum atomic E-state index is 12.1. The molecular weight excluding hydrogens is 262 g/mol. The van der Waals surface area contributed by atoms with E-state index in [-0.39, 0.29) is 16.8 Å². The van der Waals surface area contributed by atoms with Crippen LogP contribution in [-0.2, 0) is 11.2 Å². The van der Waals surface area contributed by atoms with Crippen molar-refractivity contribution in [2.75, 3.05) is 12.0 Å². The Balaban J connectivity index is 2.11. The van der Waals surface area contributed by atoms with Crippen molar-refractivity contribution in [1.29, 1.82) is 0 Å². The SMILES string of the molecule is COc1ccc2c(c1)C[C@@](C)(Cl)C[C@H]1CCC(=O)N21. The number of hydrogen-bond acceptors (Lipinski definition) is 2. The molecule has 0 radical (unpaired) electrons. The molecular formula is C15H18ClNO2. The summed E-state index contributed by atoms with van der Waals surface area (Å²) in [6, 6.07) is 6.15. The fourth-order valence-electron chi connectivity index (χ4n) is 3.29. The molecule has 0 aliphatic carbocycles. The number of carbonyl (C=O) groups is 1. The second-order valence-electron chi connectivity index (χ2n) is 5.75. The molecule has 19 heavy (non-hydrogen) atoms. The minimum absolute atomic E-state index is 0.214. The van der Waals surface area contributed by atoms with Crippen molar-refractivity contribution >= 4 is 23.2 Å². The molecule has 2 aliphatic rings. The summed E-state index contributed by atoms with van der Waals surface area (Å²) in [5.74, 6) is 1.03. The highest BCUT2D eigenvalue weighted by molar-refractivity contribution is 6.24. The van der Waals surface area contributed by atoms with Gasteiger partial charge in [-0.1, -0.05) is 0 Å². The third-order valence-electron chi connectivity index (χ3n) is 4.09. The monoisotopic (exact) mass is 279 g/mol. The van der Waals surface area contributed by atoms with Gasteiger partial charge >= 0.3 is 0 Å². The Morgan fingerprint density at radius 3 is 3.00 bits per heavy atom. The molecule has 0 bridgehead atoms. The van der Waals surface area contributed by atoms with Gasteiger partial charge in [0.05, 0.1) is 7.11 Å². The van der Waals surface area contributed by atoms with E-state index in [9.17, 15) is 4.79 Å². The van der Waals surface area contributed by atoms with Crippen LogP contribution in [0.1, 0.15) is 31.7 Å². The van der Waals surface area contributed by atoms with E-state index in [1.54, 1.807) is 7.11 Å². The van der Waals surface area contributed by atoms with Crippen LogP contribution in [0.5, 0.6) is 5.75 Å². The minimum Gasteiger partial charge on any atom is -0.497 e. The lowest BCUT2D eigenvalue weighted by molar-refractivity contribution is -0.117. The zero-order chi connectivity index (χ0) is 13.6. The quantitative estimate of drug-likeness (QED) is 0.739. The second kappa shape index (κ2) is 4.41. The normalized spacial score (nSPS) is 29.7. The van der Waals surface area contributed by atoms with Crippen LogP contribution in [0.15, 0.2) is 18.2 Å². The van der Waals surface area contributed by atoms with Crippen molar-refractivity contribution in [3.05, 3.63) is 23.8 Å². The predicted octanol–water partition coefficient (Wildman–Crippen LogP) is 3.13. The number of amides is 1. The first-order valence-corrected chi connectivity index (χ1v) is 7.06. The van der Waals surface area contributed by atoms with E-state index in [4.69, 9.17) is 16.3 Å². The van der Waals surface area contributed by atoms with Gasteiger partial charge in [-0.15, -0.1) is 11.6 Å².